The molecule has 0 bridgehead atoms. The van der Waals surface area contributed by atoms with Gasteiger partial charge in [-0.2, -0.15) is 0 Å². The standard InChI is InChI=1S/C22H29NO3/c1-4-25-20-11-10-19(17-8-6-7-9-18(17)20)23-21(24)22(26-5-2)14-12-16(3)13-15-22/h6-11,16H,4-5,12-15H2,1-3H3,(H,23,24). The molecule has 26 heavy (non-hydrogen) atoms. The zero-order valence-corrected chi connectivity index (χ0v) is 16.0. The smallest absolute Gasteiger partial charge is 0.256 e. The van der Waals surface area contributed by atoms with Gasteiger partial charge in [0.25, 0.3) is 5.91 Å². The first-order valence-electron chi connectivity index (χ1n) is 9.69. The highest BCUT2D eigenvalue weighted by Gasteiger charge is 2.42. The van der Waals surface area contributed by atoms with Gasteiger partial charge in [0.2, 0.25) is 0 Å². The van der Waals surface area contributed by atoms with Crippen LogP contribution in [0.1, 0.15) is 46.5 Å². The van der Waals surface area contributed by atoms with Crippen molar-refractivity contribution in [3.05, 3.63) is 36.4 Å². The van der Waals surface area contributed by atoms with Crippen LogP contribution >= 0.6 is 0 Å². The molecule has 0 atom stereocenters. The number of hydrogen-bond acceptors (Lipinski definition) is 3. The fraction of sp³-hybridized carbons (Fsp3) is 0.500. The van der Waals surface area contributed by atoms with Gasteiger partial charge in [0.1, 0.15) is 11.4 Å². The van der Waals surface area contributed by atoms with E-state index in [-0.39, 0.29) is 5.91 Å². The molecule has 1 saturated carbocycles. The molecular formula is C22H29NO3. The average Bonchev–Trinajstić information content (AvgIpc) is 2.66. The lowest BCUT2D eigenvalue weighted by molar-refractivity contribution is -0.146. The molecule has 1 amide bonds. The van der Waals surface area contributed by atoms with Crippen LogP contribution in [-0.4, -0.2) is 24.7 Å². The maximum Gasteiger partial charge on any atom is 0.256 e. The van der Waals surface area contributed by atoms with E-state index in [9.17, 15) is 4.79 Å². The molecule has 1 fully saturated rings. The van der Waals surface area contributed by atoms with Crippen molar-refractivity contribution in [2.45, 2.75) is 52.1 Å². The monoisotopic (exact) mass is 355 g/mol. The highest BCUT2D eigenvalue weighted by Crippen LogP contribution is 2.37. The van der Waals surface area contributed by atoms with Crippen LogP contribution in [0.25, 0.3) is 10.8 Å². The highest BCUT2D eigenvalue weighted by molar-refractivity contribution is 6.06. The second-order valence-electron chi connectivity index (χ2n) is 7.15. The van der Waals surface area contributed by atoms with Crippen molar-refractivity contribution in [3.8, 4) is 5.75 Å². The summed E-state index contributed by atoms with van der Waals surface area (Å²) in [5.41, 5.74) is 0.104. The lowest BCUT2D eigenvalue weighted by Gasteiger charge is -2.37. The van der Waals surface area contributed by atoms with Gasteiger partial charge in [0.05, 0.1) is 6.61 Å². The van der Waals surface area contributed by atoms with Crippen LogP contribution in [-0.2, 0) is 9.53 Å². The summed E-state index contributed by atoms with van der Waals surface area (Å²) in [4.78, 5) is 13.2. The Bertz CT molecular complexity index is 763. The average molecular weight is 355 g/mol. The van der Waals surface area contributed by atoms with E-state index in [0.717, 1.165) is 47.9 Å². The molecule has 0 spiro atoms. The Kier molecular flexibility index (Phi) is 5.82. The molecule has 0 aromatic heterocycles. The Balaban J connectivity index is 1.90. The number of rotatable bonds is 6. The van der Waals surface area contributed by atoms with Crippen molar-refractivity contribution in [2.24, 2.45) is 5.92 Å². The maximum atomic E-state index is 13.2. The van der Waals surface area contributed by atoms with E-state index < -0.39 is 5.60 Å². The van der Waals surface area contributed by atoms with Crippen LogP contribution in [0.5, 0.6) is 5.75 Å². The topological polar surface area (TPSA) is 47.6 Å². The largest absolute Gasteiger partial charge is 0.493 e. The first-order chi connectivity index (χ1) is 12.6. The summed E-state index contributed by atoms with van der Waals surface area (Å²) in [7, 11) is 0. The van der Waals surface area contributed by atoms with E-state index in [4.69, 9.17) is 9.47 Å². The Morgan fingerprint density at radius 3 is 2.42 bits per heavy atom. The summed E-state index contributed by atoms with van der Waals surface area (Å²) in [6.45, 7) is 7.33. The normalized spacial score (nSPS) is 23.0. The molecule has 1 N–H and O–H groups in total. The van der Waals surface area contributed by atoms with Gasteiger partial charge < -0.3 is 14.8 Å². The number of ether oxygens (including phenoxy) is 2. The predicted molar refractivity (Wildman–Crippen MR) is 106 cm³/mol. The zero-order chi connectivity index (χ0) is 18.6. The molecule has 3 rings (SSSR count). The van der Waals surface area contributed by atoms with Gasteiger partial charge in [-0.25, -0.2) is 0 Å². The van der Waals surface area contributed by atoms with Gasteiger partial charge in [0, 0.05) is 23.1 Å². The minimum Gasteiger partial charge on any atom is -0.493 e. The number of carbonyl (C=O) groups excluding carboxylic acids is 1. The molecule has 0 saturated heterocycles. The van der Waals surface area contributed by atoms with Gasteiger partial charge in [-0.05, 0) is 57.6 Å². The van der Waals surface area contributed by atoms with Crippen LogP contribution in [0.2, 0.25) is 0 Å². The van der Waals surface area contributed by atoms with E-state index in [1.807, 2.05) is 50.2 Å². The molecule has 0 unspecified atom stereocenters. The quantitative estimate of drug-likeness (QED) is 0.778. The Labute approximate surface area is 155 Å². The molecule has 1 aliphatic rings. The summed E-state index contributed by atoms with van der Waals surface area (Å²) in [5, 5.41) is 5.14. The summed E-state index contributed by atoms with van der Waals surface area (Å²) >= 11 is 0. The number of fused-ring (bicyclic) bond motifs is 1. The first-order valence-corrected chi connectivity index (χ1v) is 9.69. The molecule has 1 aliphatic carbocycles. The lowest BCUT2D eigenvalue weighted by Crippen LogP contribution is -2.48. The third kappa shape index (κ3) is 3.70. The SMILES string of the molecule is CCOc1ccc(NC(=O)C2(OCC)CCC(C)CC2)c2ccccc12. The highest BCUT2D eigenvalue weighted by atomic mass is 16.5. The van der Waals surface area contributed by atoms with Crippen LogP contribution in [0.15, 0.2) is 36.4 Å². The summed E-state index contributed by atoms with van der Waals surface area (Å²) < 4.78 is 11.7. The zero-order valence-electron chi connectivity index (χ0n) is 16.0. The predicted octanol–water partition coefficient (Wildman–Crippen LogP) is 5.16. The number of anilines is 1. The van der Waals surface area contributed by atoms with Crippen LogP contribution in [0.4, 0.5) is 5.69 Å². The molecule has 4 heteroatoms. The van der Waals surface area contributed by atoms with Crippen LogP contribution in [0, 0.1) is 5.92 Å². The fourth-order valence-electron chi connectivity index (χ4n) is 3.84. The number of nitrogens with one attached hydrogen (secondary N) is 1. The van der Waals surface area contributed by atoms with Gasteiger partial charge in [-0.1, -0.05) is 31.2 Å². The molecular weight excluding hydrogens is 326 g/mol. The Hall–Kier alpha value is -2.07. The number of hydrogen-bond donors (Lipinski definition) is 1. The second-order valence-corrected chi connectivity index (χ2v) is 7.15. The Morgan fingerprint density at radius 1 is 1.08 bits per heavy atom. The number of benzene rings is 2. The molecule has 4 nitrogen and oxygen atoms in total. The lowest BCUT2D eigenvalue weighted by atomic mass is 9.78. The van der Waals surface area contributed by atoms with Gasteiger partial charge in [-0.3, -0.25) is 4.79 Å². The van der Waals surface area contributed by atoms with Crippen molar-refractivity contribution in [1.82, 2.24) is 0 Å². The number of carbonyl (C=O) groups is 1. The third-order valence-corrected chi connectivity index (χ3v) is 5.35. The van der Waals surface area contributed by atoms with Crippen LogP contribution in [0.3, 0.4) is 0 Å². The fourth-order valence-corrected chi connectivity index (χ4v) is 3.84. The van der Waals surface area contributed by atoms with E-state index >= 15 is 0 Å². The van der Waals surface area contributed by atoms with Crippen molar-refractivity contribution >= 4 is 22.4 Å². The summed E-state index contributed by atoms with van der Waals surface area (Å²) in [6, 6.07) is 11.9. The number of amides is 1. The maximum absolute atomic E-state index is 13.2. The van der Waals surface area contributed by atoms with Gasteiger partial charge >= 0.3 is 0 Å². The first kappa shape index (κ1) is 18.7. The van der Waals surface area contributed by atoms with E-state index in [1.165, 1.54) is 0 Å². The van der Waals surface area contributed by atoms with Crippen LogP contribution < -0.4 is 10.1 Å². The molecule has 0 aliphatic heterocycles. The van der Waals surface area contributed by atoms with Crippen molar-refractivity contribution < 1.29 is 14.3 Å². The van der Waals surface area contributed by atoms with Crippen molar-refractivity contribution in [1.29, 1.82) is 0 Å². The van der Waals surface area contributed by atoms with Crippen molar-refractivity contribution in [3.63, 3.8) is 0 Å². The summed E-state index contributed by atoms with van der Waals surface area (Å²) in [6.07, 6.45) is 3.61. The van der Waals surface area contributed by atoms with E-state index in [0.29, 0.717) is 19.1 Å². The van der Waals surface area contributed by atoms with Gasteiger partial charge in [-0.15, -0.1) is 0 Å². The molecule has 0 radical (unpaired) electrons. The van der Waals surface area contributed by atoms with Crippen molar-refractivity contribution in [2.75, 3.05) is 18.5 Å². The minimum atomic E-state index is -0.707. The molecule has 2 aromatic rings. The summed E-state index contributed by atoms with van der Waals surface area (Å²) in [5.74, 6) is 1.47. The van der Waals surface area contributed by atoms with E-state index in [1.54, 1.807) is 0 Å². The molecule has 140 valence electrons. The molecule has 0 heterocycles. The van der Waals surface area contributed by atoms with E-state index in [2.05, 4.69) is 12.2 Å². The second kappa shape index (κ2) is 8.09. The van der Waals surface area contributed by atoms with Gasteiger partial charge in [0.15, 0.2) is 0 Å². The Morgan fingerprint density at radius 2 is 1.77 bits per heavy atom. The molecule has 2 aromatic carbocycles. The minimum absolute atomic E-state index is 0.0273. The third-order valence-electron chi connectivity index (χ3n) is 5.35.